The molecule has 264 valence electrons. The van der Waals surface area contributed by atoms with E-state index in [1.54, 1.807) is 0 Å². The highest BCUT2D eigenvalue weighted by Crippen LogP contribution is 2.68. The van der Waals surface area contributed by atoms with E-state index in [9.17, 15) is 30.6 Å². The zero-order chi connectivity index (χ0) is 34.7. The molecule has 6 fully saturated rings. The first-order valence-corrected chi connectivity index (χ1v) is 19.1. The van der Waals surface area contributed by atoms with Crippen LogP contribution in [0.1, 0.15) is 118 Å². The summed E-state index contributed by atoms with van der Waals surface area (Å²) in [7, 11) is 0. The fraction of sp³-hybridized carbons (Fsp3) is 0.810. The molecule has 0 saturated heterocycles. The van der Waals surface area contributed by atoms with E-state index in [1.807, 2.05) is 12.2 Å². The lowest BCUT2D eigenvalue weighted by atomic mass is 9.46. The van der Waals surface area contributed by atoms with Crippen LogP contribution in [0.2, 0.25) is 0 Å². The topological polar surface area (TPSA) is 121 Å². The molecular formula is C42H60O6. The minimum Gasteiger partial charge on any atom is -0.393 e. The number of terminal acetylenes is 2. The number of hydrogen-bond donors (Lipinski definition) is 6. The third-order valence-electron chi connectivity index (χ3n) is 17.0. The third-order valence-corrected chi connectivity index (χ3v) is 17.0. The Bertz CT molecular complexity index is 1350. The molecule has 16 atom stereocenters. The summed E-state index contributed by atoms with van der Waals surface area (Å²) < 4.78 is 0. The van der Waals surface area contributed by atoms with Gasteiger partial charge in [0.05, 0.1) is 24.4 Å². The lowest BCUT2D eigenvalue weighted by Crippen LogP contribution is -2.57. The fourth-order valence-electron chi connectivity index (χ4n) is 13.8. The SMILES string of the molecule is C#C[C@]1(O)CCC2C3C(CC[C@@]21C)[C@@]1(C)CC[C@@H](O)CC1=C[C@@H]3O.C#C[C@]1(O)CCC2C3C(CC[C@@]21C)[C@@]1(C)CC[C@@H](O)CC1=C[C@H]3O. The van der Waals surface area contributed by atoms with Crippen molar-refractivity contribution in [3.8, 4) is 24.7 Å². The number of fused-ring (bicyclic) bond motifs is 10. The summed E-state index contributed by atoms with van der Waals surface area (Å²) in [6.45, 7) is 8.94. The zero-order valence-corrected chi connectivity index (χ0v) is 29.7. The highest BCUT2D eigenvalue weighted by molar-refractivity contribution is 5.32. The second-order valence-corrected chi connectivity index (χ2v) is 18.6. The Morgan fingerprint density at radius 3 is 1.25 bits per heavy atom. The molecule has 0 bridgehead atoms. The summed E-state index contributed by atoms with van der Waals surface area (Å²) in [4.78, 5) is 0. The summed E-state index contributed by atoms with van der Waals surface area (Å²) in [5.74, 6) is 7.13. The van der Waals surface area contributed by atoms with E-state index in [0.29, 0.717) is 37.5 Å². The van der Waals surface area contributed by atoms with E-state index < -0.39 is 23.4 Å². The van der Waals surface area contributed by atoms with Gasteiger partial charge in [-0.15, -0.1) is 12.8 Å². The minimum absolute atomic E-state index is 0.0846. The molecule has 0 aromatic rings. The predicted molar refractivity (Wildman–Crippen MR) is 186 cm³/mol. The number of aliphatic hydroxyl groups excluding tert-OH is 4. The van der Waals surface area contributed by atoms with Crippen molar-refractivity contribution in [1.82, 2.24) is 0 Å². The standard InChI is InChI=1S/2C21H30O3/c2*1-4-21(24)10-7-16-18-15(6-9-20(16,21)3)19(2)8-5-14(22)11-13(19)12-17(18)23/h2*1,12,14-18,22-24H,5-11H2,2-3H3/t14-,15?,16?,17+,18?,19+,20+,21+;14-,15?,16?,17-,18?,19+,20+,21+/m11/s1. The van der Waals surface area contributed by atoms with Crippen molar-refractivity contribution in [2.24, 2.45) is 57.2 Å². The maximum atomic E-state index is 11.0. The molecule has 6 saturated carbocycles. The molecule has 0 radical (unpaired) electrons. The van der Waals surface area contributed by atoms with Crippen LogP contribution in [0.4, 0.5) is 0 Å². The second kappa shape index (κ2) is 11.4. The molecule has 8 aliphatic rings. The fourth-order valence-corrected chi connectivity index (χ4v) is 13.8. The Hall–Kier alpha value is -1.64. The van der Waals surface area contributed by atoms with E-state index in [0.717, 1.165) is 64.2 Å². The van der Waals surface area contributed by atoms with Gasteiger partial charge in [-0.3, -0.25) is 0 Å². The maximum absolute atomic E-state index is 11.0. The maximum Gasteiger partial charge on any atom is 0.130 e. The highest BCUT2D eigenvalue weighted by Gasteiger charge is 2.66. The molecule has 0 amide bonds. The Morgan fingerprint density at radius 1 is 0.542 bits per heavy atom. The van der Waals surface area contributed by atoms with Crippen LogP contribution in [0, 0.1) is 81.9 Å². The molecule has 0 aromatic heterocycles. The van der Waals surface area contributed by atoms with Crippen LogP contribution in [0.15, 0.2) is 23.3 Å². The summed E-state index contributed by atoms with van der Waals surface area (Å²) >= 11 is 0. The molecule has 6 nitrogen and oxygen atoms in total. The van der Waals surface area contributed by atoms with Crippen LogP contribution < -0.4 is 0 Å². The van der Waals surface area contributed by atoms with Gasteiger partial charge in [-0.2, -0.15) is 0 Å². The first kappa shape index (κ1) is 34.8. The van der Waals surface area contributed by atoms with Crippen LogP contribution in [0.25, 0.3) is 0 Å². The van der Waals surface area contributed by atoms with Crippen molar-refractivity contribution in [2.75, 3.05) is 0 Å². The molecular weight excluding hydrogens is 600 g/mol. The van der Waals surface area contributed by atoms with Crippen LogP contribution in [-0.2, 0) is 0 Å². The van der Waals surface area contributed by atoms with Gasteiger partial charge >= 0.3 is 0 Å². The largest absolute Gasteiger partial charge is 0.393 e. The Kier molecular flexibility index (Phi) is 8.29. The minimum atomic E-state index is -1.03. The van der Waals surface area contributed by atoms with E-state index in [1.165, 1.54) is 11.1 Å². The lowest BCUT2D eigenvalue weighted by Gasteiger charge is -2.59. The normalized spacial score (nSPS) is 56.5. The van der Waals surface area contributed by atoms with Gasteiger partial charge in [-0.05, 0) is 136 Å². The molecule has 6 heteroatoms. The van der Waals surface area contributed by atoms with Crippen molar-refractivity contribution < 1.29 is 30.6 Å². The zero-order valence-electron chi connectivity index (χ0n) is 29.7. The van der Waals surface area contributed by atoms with Crippen molar-refractivity contribution in [1.29, 1.82) is 0 Å². The van der Waals surface area contributed by atoms with E-state index in [-0.39, 0.29) is 57.5 Å². The quantitative estimate of drug-likeness (QED) is 0.155. The van der Waals surface area contributed by atoms with Crippen LogP contribution >= 0.6 is 0 Å². The first-order chi connectivity index (χ1) is 22.5. The van der Waals surface area contributed by atoms with Gasteiger partial charge < -0.3 is 30.6 Å². The van der Waals surface area contributed by atoms with Gasteiger partial charge in [0.1, 0.15) is 11.2 Å². The van der Waals surface area contributed by atoms with Crippen LogP contribution in [-0.4, -0.2) is 66.3 Å². The predicted octanol–water partition coefficient (Wildman–Crippen LogP) is 5.29. The molecule has 0 aliphatic heterocycles. The molecule has 6 unspecified atom stereocenters. The van der Waals surface area contributed by atoms with Crippen molar-refractivity contribution in [2.45, 2.75) is 153 Å². The molecule has 6 N–H and O–H groups in total. The van der Waals surface area contributed by atoms with Gasteiger partial charge in [-0.25, -0.2) is 0 Å². The monoisotopic (exact) mass is 660 g/mol. The van der Waals surface area contributed by atoms with Gasteiger partial charge in [0.2, 0.25) is 0 Å². The van der Waals surface area contributed by atoms with E-state index >= 15 is 0 Å². The lowest BCUT2D eigenvalue weighted by molar-refractivity contribution is -0.123. The van der Waals surface area contributed by atoms with Gasteiger partial charge in [0.15, 0.2) is 0 Å². The average molecular weight is 661 g/mol. The van der Waals surface area contributed by atoms with Crippen LogP contribution in [0.5, 0.6) is 0 Å². The summed E-state index contributed by atoms with van der Waals surface area (Å²) in [5.41, 5.74) is 0.0291. The molecule has 0 heterocycles. The van der Waals surface area contributed by atoms with Gasteiger partial charge in [-0.1, -0.05) is 62.8 Å². The third kappa shape index (κ3) is 4.62. The Morgan fingerprint density at radius 2 is 0.896 bits per heavy atom. The van der Waals surface area contributed by atoms with Crippen molar-refractivity contribution in [3.05, 3.63) is 23.3 Å². The molecule has 0 spiro atoms. The first-order valence-electron chi connectivity index (χ1n) is 19.1. The molecule has 0 aromatic carbocycles. The summed E-state index contributed by atoms with van der Waals surface area (Å²) in [6, 6.07) is 0. The van der Waals surface area contributed by atoms with Crippen LogP contribution in [0.3, 0.4) is 0 Å². The smallest absolute Gasteiger partial charge is 0.130 e. The summed E-state index contributed by atoms with van der Waals surface area (Å²) in [6.07, 6.45) is 26.0. The average Bonchev–Trinajstić information content (AvgIpc) is 3.48. The molecule has 48 heavy (non-hydrogen) atoms. The van der Waals surface area contributed by atoms with Gasteiger partial charge in [0.25, 0.3) is 0 Å². The Balaban J connectivity index is 0.000000152. The number of aliphatic hydroxyl groups is 6. The molecule has 8 rings (SSSR count). The van der Waals surface area contributed by atoms with Crippen molar-refractivity contribution in [3.63, 3.8) is 0 Å². The second-order valence-electron chi connectivity index (χ2n) is 18.6. The number of rotatable bonds is 0. The number of hydrogen-bond acceptors (Lipinski definition) is 6. The summed E-state index contributed by atoms with van der Waals surface area (Å²) in [5, 5.41) is 64.0. The van der Waals surface area contributed by atoms with Gasteiger partial charge in [0, 0.05) is 10.8 Å². The van der Waals surface area contributed by atoms with E-state index in [2.05, 4.69) is 39.5 Å². The molecule has 8 aliphatic carbocycles. The van der Waals surface area contributed by atoms with E-state index in [4.69, 9.17) is 12.8 Å². The highest BCUT2D eigenvalue weighted by atomic mass is 16.3. The van der Waals surface area contributed by atoms with Crippen molar-refractivity contribution >= 4 is 0 Å². The Labute approximate surface area is 288 Å².